The van der Waals surface area contributed by atoms with Gasteiger partial charge in [0.15, 0.2) is 0 Å². The van der Waals surface area contributed by atoms with Crippen molar-refractivity contribution in [1.82, 2.24) is 0 Å². The number of hydrogen-bond acceptors (Lipinski definition) is 5. The van der Waals surface area contributed by atoms with E-state index in [1.807, 2.05) is 6.07 Å². The van der Waals surface area contributed by atoms with Gasteiger partial charge in [-0.3, -0.25) is 0 Å². The zero-order valence-corrected chi connectivity index (χ0v) is 32.5. The molecule has 0 aliphatic carbocycles. The van der Waals surface area contributed by atoms with Crippen LogP contribution in [0.25, 0.3) is 0 Å². The molecule has 0 aliphatic rings. The molecule has 0 amide bonds. The molecule has 0 aromatic heterocycles. The van der Waals surface area contributed by atoms with Crippen molar-refractivity contribution in [2.45, 2.75) is 181 Å². The zero-order valence-electron chi connectivity index (χ0n) is 31.1. The van der Waals surface area contributed by atoms with Gasteiger partial charge in [0, 0.05) is 0 Å². The fourth-order valence-electron chi connectivity index (χ4n) is 6.14. The van der Waals surface area contributed by atoms with Crippen molar-refractivity contribution in [3.05, 3.63) is 58.7 Å². The van der Waals surface area contributed by atoms with Crippen molar-refractivity contribution in [2.75, 3.05) is 0 Å². The van der Waals surface area contributed by atoms with Crippen LogP contribution in [-0.2, 0) is 12.8 Å². The number of benzene rings is 2. The minimum atomic E-state index is -1.38. The van der Waals surface area contributed by atoms with Crippen molar-refractivity contribution < 1.29 is 30.0 Å². The molecule has 0 aliphatic heterocycles. The van der Waals surface area contributed by atoms with Crippen molar-refractivity contribution in [3.63, 3.8) is 0 Å². The number of hydrogen-bond donors (Lipinski definition) is 2. The van der Waals surface area contributed by atoms with Crippen LogP contribution >= 0.6 is 0 Å². The molecule has 0 bridgehead atoms. The number of carboxylic acids is 2. The summed E-state index contributed by atoms with van der Waals surface area (Å²) in [5.41, 5.74) is 1.70. The SMILES string of the molecule is CCCCCCCCCCCCCCc1ccc(O)c(C(=O)O)c1.CCCCCCCCCCCCCCc1ccc([O-])c(C(=O)[O-])c1.[Mg+2]. The van der Waals surface area contributed by atoms with Gasteiger partial charge in [-0.2, -0.15) is 0 Å². The molecule has 0 unspecified atom stereocenters. The van der Waals surface area contributed by atoms with Gasteiger partial charge in [-0.1, -0.05) is 185 Å². The average Bonchev–Trinajstić information content (AvgIpc) is 3.07. The Balaban J connectivity index is 0.000000922. The molecule has 6 nitrogen and oxygen atoms in total. The molecule has 0 spiro atoms. The average molecular weight is 691 g/mol. The van der Waals surface area contributed by atoms with Crippen molar-refractivity contribution in [3.8, 4) is 11.5 Å². The topological polar surface area (TPSA) is 121 Å². The molecule has 0 saturated carbocycles. The molecule has 2 N–H and O–H groups in total. The smallest absolute Gasteiger partial charge is 0.872 e. The summed E-state index contributed by atoms with van der Waals surface area (Å²) in [4.78, 5) is 21.8. The van der Waals surface area contributed by atoms with Gasteiger partial charge in [-0.15, -0.1) is 0 Å². The van der Waals surface area contributed by atoms with Crippen LogP contribution in [0.5, 0.6) is 11.5 Å². The van der Waals surface area contributed by atoms with Crippen LogP contribution in [0.3, 0.4) is 0 Å². The van der Waals surface area contributed by atoms with Crippen molar-refractivity contribution in [2.24, 2.45) is 0 Å². The Labute approximate surface area is 314 Å². The maximum absolute atomic E-state index is 11.4. The summed E-state index contributed by atoms with van der Waals surface area (Å²) < 4.78 is 0. The summed E-state index contributed by atoms with van der Waals surface area (Å²) >= 11 is 0. The van der Waals surface area contributed by atoms with Crippen molar-refractivity contribution >= 4 is 35.0 Å². The minimum Gasteiger partial charge on any atom is -0.872 e. The van der Waals surface area contributed by atoms with E-state index in [0.717, 1.165) is 43.2 Å². The number of aryl methyl sites for hydroxylation is 2. The predicted octanol–water partition coefficient (Wildman–Crippen LogP) is 10.3. The third-order valence-corrected chi connectivity index (χ3v) is 9.19. The number of unbranched alkanes of at least 4 members (excludes halogenated alkanes) is 22. The van der Waals surface area contributed by atoms with E-state index in [1.165, 1.54) is 153 Å². The summed E-state index contributed by atoms with van der Waals surface area (Å²) in [6, 6.07) is 9.43. The summed E-state index contributed by atoms with van der Waals surface area (Å²) in [5, 5.41) is 40.7. The molecular formula is C42H66MgO6. The molecule has 2 aromatic carbocycles. The van der Waals surface area contributed by atoms with Gasteiger partial charge in [-0.25, -0.2) is 4.79 Å². The van der Waals surface area contributed by atoms with Crippen LogP contribution < -0.4 is 10.2 Å². The second-order valence-electron chi connectivity index (χ2n) is 13.6. The fraction of sp³-hybridized carbons (Fsp3) is 0.667. The molecule has 0 atom stereocenters. The van der Waals surface area contributed by atoms with Crippen molar-refractivity contribution in [1.29, 1.82) is 0 Å². The van der Waals surface area contributed by atoms with Crippen LogP contribution in [0.4, 0.5) is 0 Å². The number of aromatic carboxylic acids is 2. The van der Waals surface area contributed by atoms with E-state index in [9.17, 15) is 24.9 Å². The number of aromatic hydroxyl groups is 1. The Hall–Kier alpha value is -2.25. The van der Waals surface area contributed by atoms with Gasteiger partial charge in [0.05, 0.1) is 5.97 Å². The molecule has 49 heavy (non-hydrogen) atoms. The first-order valence-corrected chi connectivity index (χ1v) is 19.4. The molecule has 2 rings (SSSR count). The van der Waals surface area contributed by atoms with Gasteiger partial charge >= 0.3 is 29.0 Å². The summed E-state index contributed by atoms with van der Waals surface area (Å²) in [5.74, 6) is -3.06. The van der Waals surface area contributed by atoms with E-state index in [1.54, 1.807) is 12.1 Å². The first kappa shape index (κ1) is 46.7. The summed E-state index contributed by atoms with van der Waals surface area (Å²) in [7, 11) is 0. The van der Waals surface area contributed by atoms with Gasteiger partial charge in [0.1, 0.15) is 11.3 Å². The second kappa shape index (κ2) is 31.7. The fourth-order valence-corrected chi connectivity index (χ4v) is 6.14. The van der Waals surface area contributed by atoms with Gasteiger partial charge in [-0.05, 0) is 54.5 Å². The zero-order chi connectivity index (χ0) is 35.2. The Morgan fingerprint density at radius 3 is 1.20 bits per heavy atom. The number of carbonyl (C=O) groups excluding carboxylic acids is 1. The Morgan fingerprint density at radius 1 is 0.531 bits per heavy atom. The van der Waals surface area contributed by atoms with E-state index in [0.29, 0.717) is 0 Å². The van der Waals surface area contributed by atoms with Crippen LogP contribution in [-0.4, -0.2) is 45.2 Å². The van der Waals surface area contributed by atoms with Gasteiger partial charge in [0.2, 0.25) is 0 Å². The van der Waals surface area contributed by atoms with E-state index in [-0.39, 0.29) is 39.9 Å². The molecular weight excluding hydrogens is 625 g/mol. The first-order chi connectivity index (χ1) is 23.3. The molecule has 0 radical (unpaired) electrons. The third-order valence-electron chi connectivity index (χ3n) is 9.19. The number of phenols is 1. The molecule has 0 saturated heterocycles. The number of carboxylic acid groups (broad SMARTS) is 2. The summed E-state index contributed by atoms with van der Waals surface area (Å²) in [6.45, 7) is 4.51. The standard InChI is InChI=1S/2C21H34O3.Mg/c2*1-2-3-4-5-6-7-8-9-10-11-12-13-14-18-15-16-20(22)19(17-18)21(23)24;/h2*15-17,22H,2-14H2,1H3,(H,23,24);/q;;+2/p-2. The van der Waals surface area contributed by atoms with Crippen LogP contribution in [0.15, 0.2) is 36.4 Å². The van der Waals surface area contributed by atoms with Crippen LogP contribution in [0, 0.1) is 0 Å². The molecule has 0 heterocycles. The first-order valence-electron chi connectivity index (χ1n) is 19.4. The molecule has 272 valence electrons. The summed E-state index contributed by atoms with van der Waals surface area (Å²) in [6.07, 6.45) is 33.2. The normalized spacial score (nSPS) is 10.7. The maximum atomic E-state index is 11.4. The third kappa shape index (κ3) is 24.5. The monoisotopic (exact) mass is 690 g/mol. The minimum absolute atomic E-state index is 0. The second-order valence-corrected chi connectivity index (χ2v) is 13.6. The number of rotatable bonds is 28. The van der Waals surface area contributed by atoms with E-state index >= 15 is 0 Å². The largest absolute Gasteiger partial charge is 2.00 e. The van der Waals surface area contributed by atoms with Crippen LogP contribution in [0.1, 0.15) is 200 Å². The van der Waals surface area contributed by atoms with E-state index < -0.39 is 17.7 Å². The van der Waals surface area contributed by atoms with E-state index in [4.69, 9.17) is 5.11 Å². The predicted molar refractivity (Wildman–Crippen MR) is 201 cm³/mol. The molecule has 0 fully saturated rings. The Kier molecular flexibility index (Phi) is 30.2. The molecule has 7 heteroatoms. The number of carbonyl (C=O) groups is 2. The van der Waals surface area contributed by atoms with E-state index in [2.05, 4.69) is 13.8 Å². The van der Waals surface area contributed by atoms with Crippen LogP contribution in [0.2, 0.25) is 0 Å². The Morgan fingerprint density at radius 2 is 0.857 bits per heavy atom. The Bertz CT molecular complexity index is 1030. The molecule has 2 aromatic rings. The maximum Gasteiger partial charge on any atom is 2.00 e. The quantitative estimate of drug-likeness (QED) is 0.0677. The van der Waals surface area contributed by atoms with Gasteiger partial charge in [0.25, 0.3) is 0 Å². The van der Waals surface area contributed by atoms with Gasteiger partial charge < -0.3 is 25.2 Å².